The average Bonchev–Trinajstić information content (AvgIpc) is 3.05. The third-order valence-corrected chi connectivity index (χ3v) is 24.3. The number of nitrogens with two attached hydrogens (primary N) is 2. The quantitative estimate of drug-likeness (QED) is 0.145. The Balaban J connectivity index is 0.000000248. The molecule has 0 fully saturated rings. The number of unbranched alkanes of at least 4 members (excludes halogenated alkanes) is 3. The molecule has 2 aromatic carbocycles. The van der Waals surface area contributed by atoms with Crippen LogP contribution in [0.5, 0.6) is 0 Å². The van der Waals surface area contributed by atoms with Crippen LogP contribution in [0.25, 0.3) is 11.4 Å². The van der Waals surface area contributed by atoms with E-state index >= 15 is 0 Å². The molecule has 0 aliphatic heterocycles. The summed E-state index contributed by atoms with van der Waals surface area (Å²) in [6, 6.07) is 15.9. The van der Waals surface area contributed by atoms with Crippen molar-refractivity contribution in [3.63, 3.8) is 0 Å². The summed E-state index contributed by atoms with van der Waals surface area (Å²) >= 11 is 0.858. The topological polar surface area (TPSA) is 172 Å². The van der Waals surface area contributed by atoms with Crippen LogP contribution in [0, 0.1) is 0 Å². The van der Waals surface area contributed by atoms with Crippen molar-refractivity contribution in [1.82, 2.24) is 19.9 Å². The van der Waals surface area contributed by atoms with Crippen LogP contribution < -0.4 is 14.1 Å². The summed E-state index contributed by atoms with van der Waals surface area (Å²) in [6.45, 7) is 6.92. The number of sulfonamides is 2. The maximum Gasteiger partial charge on any atom is 0.238 e. The number of benzene rings is 2. The van der Waals surface area contributed by atoms with Gasteiger partial charge in [0.1, 0.15) is 0 Å². The normalized spacial score (nSPS) is 11.5. The van der Waals surface area contributed by atoms with Gasteiger partial charge in [0.05, 0.1) is 9.79 Å². The smallest absolute Gasteiger partial charge is 0.237 e. The first-order valence-corrected chi connectivity index (χ1v) is 26.7. The minimum Gasteiger partial charge on any atom is -0.237 e. The van der Waals surface area contributed by atoms with Gasteiger partial charge in [-0.3, -0.25) is 0 Å². The Morgan fingerprint density at radius 1 is 0.609 bits per heavy atom. The van der Waals surface area contributed by atoms with Gasteiger partial charge in [0.2, 0.25) is 20.0 Å². The molecule has 0 radical (unpaired) electrons. The molecule has 0 saturated carbocycles. The first kappa shape index (κ1) is 39.9. The van der Waals surface area contributed by atoms with Crippen molar-refractivity contribution in [2.45, 2.75) is 82.4 Å². The van der Waals surface area contributed by atoms with Gasteiger partial charge < -0.3 is 0 Å². The van der Waals surface area contributed by atoms with E-state index in [0.29, 0.717) is 5.82 Å². The minimum absolute atomic E-state index is 0.0761. The van der Waals surface area contributed by atoms with Crippen LogP contribution in [0.4, 0.5) is 0 Å². The van der Waals surface area contributed by atoms with E-state index in [0.717, 1.165) is 10.0 Å². The molecule has 0 atom stereocenters. The van der Waals surface area contributed by atoms with E-state index in [9.17, 15) is 16.8 Å². The van der Waals surface area contributed by atoms with Gasteiger partial charge in [-0.05, 0) is 54.6 Å². The summed E-state index contributed by atoms with van der Waals surface area (Å²) in [6.07, 6.45) is 15.2. The van der Waals surface area contributed by atoms with Crippen LogP contribution >= 0.6 is 15.9 Å². The zero-order valence-corrected chi connectivity index (χ0v) is 32.8. The second kappa shape index (κ2) is 20.2. The summed E-state index contributed by atoms with van der Waals surface area (Å²) < 4.78 is 50.0. The Kier molecular flexibility index (Phi) is 17.5. The molecule has 0 aliphatic rings. The Labute approximate surface area is 287 Å². The summed E-state index contributed by atoms with van der Waals surface area (Å²) in [5, 5.41) is 9.85. The molecule has 0 aliphatic carbocycles. The fourth-order valence-electron chi connectivity index (χ4n) is 4.69. The number of rotatable bonds is 13. The predicted molar refractivity (Wildman–Crippen MR) is 191 cm³/mol. The van der Waals surface area contributed by atoms with Crippen LogP contribution in [0.2, 0.25) is 13.3 Å². The fourth-order valence-corrected chi connectivity index (χ4v) is 20.9. The molecular formula is C32H45BrN6O4S2Sn. The van der Waals surface area contributed by atoms with Crippen molar-refractivity contribution < 1.29 is 16.8 Å². The van der Waals surface area contributed by atoms with E-state index in [-0.39, 0.29) is 9.79 Å². The molecule has 0 unspecified atom stereocenters. The maximum absolute atomic E-state index is 11.0. The summed E-state index contributed by atoms with van der Waals surface area (Å²) in [7, 11) is -7.18. The second-order valence-electron chi connectivity index (χ2n) is 10.8. The molecular weight excluding hydrogens is 795 g/mol. The van der Waals surface area contributed by atoms with Crippen LogP contribution in [0.3, 0.4) is 0 Å². The van der Waals surface area contributed by atoms with Gasteiger partial charge >= 0.3 is 123 Å². The summed E-state index contributed by atoms with van der Waals surface area (Å²) in [5.41, 5.74) is 0.744. The Bertz CT molecular complexity index is 1630. The monoisotopic (exact) mass is 840 g/mol. The first-order chi connectivity index (χ1) is 21.9. The molecule has 2 aromatic heterocycles. The molecule has 4 aromatic rings. The molecule has 10 nitrogen and oxygen atoms in total. The van der Waals surface area contributed by atoms with Crippen LogP contribution in [-0.4, -0.2) is 55.1 Å². The van der Waals surface area contributed by atoms with Gasteiger partial charge in [-0.25, -0.2) is 37.1 Å². The summed E-state index contributed by atoms with van der Waals surface area (Å²) in [5.74, 6) is 0.545. The Morgan fingerprint density at radius 2 is 0.978 bits per heavy atom. The van der Waals surface area contributed by atoms with E-state index in [1.807, 2.05) is 18.5 Å². The van der Waals surface area contributed by atoms with Gasteiger partial charge in [-0.2, -0.15) is 0 Å². The molecule has 14 heteroatoms. The van der Waals surface area contributed by atoms with E-state index < -0.39 is 38.4 Å². The number of nitrogens with zero attached hydrogens (tertiary/aromatic N) is 4. The van der Waals surface area contributed by atoms with Crippen molar-refractivity contribution in [3.8, 4) is 11.4 Å². The van der Waals surface area contributed by atoms with Gasteiger partial charge in [0, 0.05) is 22.4 Å². The number of aromatic nitrogens is 4. The van der Waals surface area contributed by atoms with Crippen molar-refractivity contribution in [3.05, 3.63) is 89.9 Å². The van der Waals surface area contributed by atoms with Crippen molar-refractivity contribution in [1.29, 1.82) is 0 Å². The molecule has 4 rings (SSSR count). The third kappa shape index (κ3) is 13.8. The average molecular weight is 840 g/mol. The molecule has 250 valence electrons. The van der Waals surface area contributed by atoms with Gasteiger partial charge in [0.25, 0.3) is 0 Å². The molecule has 4 N–H and O–H groups in total. The van der Waals surface area contributed by atoms with Crippen molar-refractivity contribution in [2.75, 3.05) is 0 Å². The fraction of sp³-hybridized carbons (Fsp3) is 0.375. The van der Waals surface area contributed by atoms with Gasteiger partial charge in [-0.1, -0.05) is 15.9 Å². The van der Waals surface area contributed by atoms with E-state index in [1.54, 1.807) is 42.7 Å². The van der Waals surface area contributed by atoms with Gasteiger partial charge in [-0.15, -0.1) is 0 Å². The van der Waals surface area contributed by atoms with E-state index in [1.165, 1.54) is 79.9 Å². The third-order valence-electron chi connectivity index (χ3n) is 7.22. The molecule has 0 saturated heterocycles. The van der Waals surface area contributed by atoms with Crippen molar-refractivity contribution >= 4 is 58.2 Å². The number of halogens is 1. The zero-order chi connectivity index (χ0) is 34.1. The van der Waals surface area contributed by atoms with Crippen LogP contribution in [0.1, 0.15) is 59.3 Å². The van der Waals surface area contributed by atoms with Gasteiger partial charge in [0.15, 0.2) is 5.82 Å². The Morgan fingerprint density at radius 3 is 1.35 bits per heavy atom. The number of hydrogen-bond donors (Lipinski definition) is 2. The second-order valence-corrected chi connectivity index (χ2v) is 27.7. The standard InChI is InChI=1S/C10H9N3O2S.C6H6BrNO2S.C4H3N2.3C4H9.Sn/c11-16(14,15)9-4-2-8(3-5-9)10-12-6-1-7-13-10;7-5-1-3-6(4-2-5)11(8,9)10;1-2-5-4-6-3-1;3*1-3-4-2;/h1-7H,(H2,11,14,15);1-4H,(H2,8,9,10);1-3H;3*1,3-4H2,2H3;. The SMILES string of the molecule is CCC[CH2][Sn]([CH2]CCC)([CH2]CCC)[c]1ncccn1.NS(=O)(=O)c1ccc(-c2ncccn2)cc1.NS(=O)(=O)c1ccc(Br)cc1. The number of primary sulfonamides is 2. The van der Waals surface area contributed by atoms with E-state index in [2.05, 4.69) is 46.7 Å². The molecule has 2 heterocycles. The van der Waals surface area contributed by atoms with Crippen LogP contribution in [0.15, 0.2) is 99.7 Å². The minimum atomic E-state index is -3.64. The number of hydrogen-bond acceptors (Lipinski definition) is 8. The molecule has 0 spiro atoms. The molecule has 0 amide bonds. The largest absolute Gasteiger partial charge is 0.238 e. The zero-order valence-electron chi connectivity index (χ0n) is 26.7. The molecule has 0 bridgehead atoms. The molecule has 46 heavy (non-hydrogen) atoms. The Hall–Kier alpha value is -2.30. The van der Waals surface area contributed by atoms with E-state index in [4.69, 9.17) is 20.2 Å². The first-order valence-electron chi connectivity index (χ1n) is 15.3. The summed E-state index contributed by atoms with van der Waals surface area (Å²) in [4.78, 5) is 17.7. The maximum atomic E-state index is 11.0. The predicted octanol–water partition coefficient (Wildman–Crippen LogP) is 6.42. The van der Waals surface area contributed by atoms with Crippen LogP contribution in [-0.2, 0) is 20.0 Å². The van der Waals surface area contributed by atoms with Crippen molar-refractivity contribution in [2.24, 2.45) is 10.3 Å².